The van der Waals surface area contributed by atoms with Crippen LogP contribution in [0.4, 0.5) is 0 Å². The van der Waals surface area contributed by atoms with Gasteiger partial charge < -0.3 is 19.8 Å². The number of likely N-dealkylation sites (N-methyl/N-ethyl adjacent to an activating group) is 1. The van der Waals surface area contributed by atoms with Gasteiger partial charge in [0.05, 0.1) is 39.9 Å². The molecule has 0 aliphatic carbocycles. The smallest absolute Gasteiger partial charge is 0.387 e. The molecule has 0 spiro atoms. The van der Waals surface area contributed by atoms with Crippen LogP contribution >= 0.6 is 7.82 Å². The largest absolute Gasteiger partial charge is 0.472 e. The van der Waals surface area contributed by atoms with Crippen molar-refractivity contribution in [2.45, 2.75) is 129 Å². The number of aliphatic hydroxyl groups is 1. The monoisotopic (exact) mass is 563 g/mol. The lowest BCUT2D eigenvalue weighted by molar-refractivity contribution is -0.870. The molecule has 3 N–H and O–H groups in total. The number of allylic oxidation sites excluding steroid dienone is 1. The van der Waals surface area contributed by atoms with Gasteiger partial charge in [-0.25, -0.2) is 4.57 Å². The summed E-state index contributed by atoms with van der Waals surface area (Å²) >= 11 is 0. The number of rotatable bonds is 26. The molecule has 9 heteroatoms. The van der Waals surface area contributed by atoms with E-state index in [1.807, 2.05) is 27.2 Å². The molecular weight excluding hydrogens is 503 g/mol. The van der Waals surface area contributed by atoms with Crippen molar-refractivity contribution in [2.24, 2.45) is 0 Å². The van der Waals surface area contributed by atoms with E-state index in [0.29, 0.717) is 17.4 Å². The summed E-state index contributed by atoms with van der Waals surface area (Å²) in [6.07, 6.45) is 20.0. The number of phosphoric ester groups is 1. The molecule has 0 bridgehead atoms. The zero-order chi connectivity index (χ0) is 28.7. The average molecular weight is 564 g/mol. The summed E-state index contributed by atoms with van der Waals surface area (Å²) in [5.74, 6) is -0.188. The Morgan fingerprint density at radius 3 is 1.95 bits per heavy atom. The third kappa shape index (κ3) is 24.3. The summed E-state index contributed by atoms with van der Waals surface area (Å²) in [4.78, 5) is 22.7. The van der Waals surface area contributed by atoms with Crippen LogP contribution in [0.5, 0.6) is 0 Å². The van der Waals surface area contributed by atoms with Crippen LogP contribution in [-0.2, 0) is 18.4 Å². The first-order valence-corrected chi connectivity index (χ1v) is 16.6. The van der Waals surface area contributed by atoms with Gasteiger partial charge in [-0.2, -0.15) is 0 Å². The molecule has 3 unspecified atom stereocenters. The van der Waals surface area contributed by atoms with Crippen LogP contribution < -0.4 is 5.32 Å². The third-order valence-electron chi connectivity index (χ3n) is 6.51. The van der Waals surface area contributed by atoms with E-state index in [1.165, 1.54) is 57.8 Å². The number of amides is 1. The molecule has 0 aromatic heterocycles. The summed E-state index contributed by atoms with van der Waals surface area (Å²) in [6, 6.07) is -0.833. The van der Waals surface area contributed by atoms with Gasteiger partial charge in [-0.15, -0.1) is 0 Å². The number of hydrogen-bond donors (Lipinski definition) is 3. The predicted octanol–water partition coefficient (Wildman–Crippen LogP) is 6.51. The molecule has 8 nitrogen and oxygen atoms in total. The summed E-state index contributed by atoms with van der Waals surface area (Å²) in [6.45, 7) is 4.69. The van der Waals surface area contributed by atoms with Crippen molar-refractivity contribution in [2.75, 3.05) is 40.9 Å². The first kappa shape index (κ1) is 37.2. The van der Waals surface area contributed by atoms with Crippen molar-refractivity contribution in [3.63, 3.8) is 0 Å². The zero-order valence-corrected chi connectivity index (χ0v) is 26.1. The summed E-state index contributed by atoms with van der Waals surface area (Å²) in [5, 5.41) is 13.5. The van der Waals surface area contributed by atoms with Gasteiger partial charge >= 0.3 is 7.82 Å². The van der Waals surface area contributed by atoms with Crippen molar-refractivity contribution < 1.29 is 32.9 Å². The molecule has 0 aromatic rings. The van der Waals surface area contributed by atoms with E-state index in [1.54, 1.807) is 6.08 Å². The van der Waals surface area contributed by atoms with E-state index in [9.17, 15) is 19.4 Å². The van der Waals surface area contributed by atoms with E-state index >= 15 is 0 Å². The van der Waals surface area contributed by atoms with Gasteiger partial charge in [0, 0.05) is 6.42 Å². The Hall–Kier alpha value is -0.760. The fourth-order valence-electron chi connectivity index (χ4n) is 3.98. The van der Waals surface area contributed by atoms with Crippen LogP contribution in [0.25, 0.3) is 0 Å². The maximum absolute atomic E-state index is 12.6. The first-order valence-electron chi connectivity index (χ1n) is 15.1. The summed E-state index contributed by atoms with van der Waals surface area (Å²) < 4.78 is 23.2. The van der Waals surface area contributed by atoms with Crippen molar-refractivity contribution in [1.29, 1.82) is 0 Å². The van der Waals surface area contributed by atoms with Crippen LogP contribution in [0.3, 0.4) is 0 Å². The second-order valence-corrected chi connectivity index (χ2v) is 12.9. The molecule has 226 valence electrons. The van der Waals surface area contributed by atoms with Crippen LogP contribution in [0, 0.1) is 0 Å². The molecule has 38 heavy (non-hydrogen) atoms. The molecule has 0 aliphatic heterocycles. The van der Waals surface area contributed by atoms with Gasteiger partial charge in [0.2, 0.25) is 5.91 Å². The van der Waals surface area contributed by atoms with Crippen molar-refractivity contribution >= 4 is 13.7 Å². The quantitative estimate of drug-likeness (QED) is 0.0480. The number of carbonyl (C=O) groups is 1. The Balaban J connectivity index is 4.67. The molecule has 0 aliphatic rings. The van der Waals surface area contributed by atoms with E-state index in [2.05, 4.69) is 19.2 Å². The second kappa shape index (κ2) is 23.0. The molecule has 3 atom stereocenters. The van der Waals surface area contributed by atoms with Crippen molar-refractivity contribution in [1.82, 2.24) is 5.32 Å². The molecule has 0 radical (unpaired) electrons. The summed E-state index contributed by atoms with van der Waals surface area (Å²) in [5.41, 5.74) is 0. The Morgan fingerprint density at radius 2 is 1.39 bits per heavy atom. The van der Waals surface area contributed by atoms with Crippen LogP contribution in [-0.4, -0.2) is 73.4 Å². The molecular formula is C29H60N2O6P+. The lowest BCUT2D eigenvalue weighted by Crippen LogP contribution is -2.45. The summed E-state index contributed by atoms with van der Waals surface area (Å²) in [7, 11) is 1.57. The van der Waals surface area contributed by atoms with Crippen molar-refractivity contribution in [3.05, 3.63) is 12.2 Å². The Kier molecular flexibility index (Phi) is 22.5. The van der Waals surface area contributed by atoms with Gasteiger partial charge in [-0.1, -0.05) is 103 Å². The molecule has 0 aromatic carbocycles. The topological polar surface area (TPSA) is 105 Å². The highest BCUT2D eigenvalue weighted by atomic mass is 31.2. The lowest BCUT2D eigenvalue weighted by Gasteiger charge is -2.25. The Bertz CT molecular complexity index is 653. The molecule has 1 amide bonds. The maximum atomic E-state index is 12.6. The minimum absolute atomic E-state index is 0.0629. The number of phosphoric acid groups is 1. The number of nitrogens with zero attached hydrogens (tertiary/aromatic N) is 1. The van der Waals surface area contributed by atoms with Crippen molar-refractivity contribution in [3.8, 4) is 0 Å². The number of carbonyl (C=O) groups excluding carboxylic acids is 1. The van der Waals surface area contributed by atoms with Crippen LogP contribution in [0.2, 0.25) is 0 Å². The normalized spacial score (nSPS) is 15.4. The molecule has 0 rings (SSSR count). The lowest BCUT2D eigenvalue weighted by atomic mass is 10.1. The number of nitrogens with one attached hydrogen (secondary N) is 1. The molecule has 0 saturated carbocycles. The minimum atomic E-state index is -4.30. The fourth-order valence-corrected chi connectivity index (χ4v) is 4.71. The van der Waals surface area contributed by atoms with Crippen LogP contribution in [0.15, 0.2) is 12.2 Å². The standard InChI is InChI=1S/C29H59N2O6P/c1-6-8-10-12-14-15-17-19-21-23-29(33)30-27(28(32)22-20-18-16-13-11-9-7-2)26-37-38(34,35)36-25-24-31(3,4)5/h20,22,27-28,32H,6-19,21,23-26H2,1-5H3,(H-,30,33,34,35)/p+1/b22-20+. The van der Waals surface area contributed by atoms with Gasteiger partial charge in [0.15, 0.2) is 0 Å². The third-order valence-corrected chi connectivity index (χ3v) is 7.49. The van der Waals surface area contributed by atoms with E-state index in [4.69, 9.17) is 9.05 Å². The van der Waals surface area contributed by atoms with Gasteiger partial charge in [0.1, 0.15) is 13.2 Å². The number of hydrogen-bond acceptors (Lipinski definition) is 5. The van der Waals surface area contributed by atoms with E-state index in [-0.39, 0.29) is 19.1 Å². The van der Waals surface area contributed by atoms with Crippen LogP contribution in [0.1, 0.15) is 117 Å². The maximum Gasteiger partial charge on any atom is 0.472 e. The predicted molar refractivity (Wildman–Crippen MR) is 157 cm³/mol. The van der Waals surface area contributed by atoms with Gasteiger partial charge in [0.25, 0.3) is 0 Å². The Morgan fingerprint density at radius 1 is 0.868 bits per heavy atom. The highest BCUT2D eigenvalue weighted by Crippen LogP contribution is 2.43. The number of quaternary nitrogens is 1. The van der Waals surface area contributed by atoms with E-state index in [0.717, 1.165) is 38.5 Å². The van der Waals surface area contributed by atoms with Gasteiger partial charge in [-0.05, 0) is 19.3 Å². The van der Waals surface area contributed by atoms with Gasteiger partial charge in [-0.3, -0.25) is 13.8 Å². The van der Waals surface area contributed by atoms with E-state index < -0.39 is 20.0 Å². The minimum Gasteiger partial charge on any atom is -0.387 e. The molecule has 0 saturated heterocycles. The average Bonchev–Trinajstić information content (AvgIpc) is 2.84. The number of aliphatic hydroxyl groups excluding tert-OH is 1. The first-order chi connectivity index (χ1) is 18.0. The SMILES string of the molecule is CCCCCCC/C=C/C(O)C(COP(=O)(O)OCC[N+](C)(C)C)NC(=O)CCCCCCCCCCC. The fraction of sp³-hybridized carbons (Fsp3) is 0.897. The Labute approximate surface area is 233 Å². The zero-order valence-electron chi connectivity index (χ0n) is 25.2. The second-order valence-electron chi connectivity index (χ2n) is 11.5. The highest BCUT2D eigenvalue weighted by Gasteiger charge is 2.27. The molecule has 0 fully saturated rings. The number of unbranched alkanes of at least 4 members (excludes halogenated alkanes) is 13. The molecule has 0 heterocycles. The highest BCUT2D eigenvalue weighted by molar-refractivity contribution is 7.47.